The third kappa shape index (κ3) is 4.42. The van der Waals surface area contributed by atoms with Crippen molar-refractivity contribution in [2.75, 3.05) is 25.0 Å². The molecule has 0 spiro atoms. The van der Waals surface area contributed by atoms with E-state index in [1.54, 1.807) is 12.1 Å². The summed E-state index contributed by atoms with van der Waals surface area (Å²) < 4.78 is 31.6. The first-order valence-corrected chi connectivity index (χ1v) is 10.5. The van der Waals surface area contributed by atoms with Crippen LogP contribution >= 0.6 is 0 Å². The van der Waals surface area contributed by atoms with E-state index < -0.39 is 15.9 Å². The number of hydrogen-bond donors (Lipinski definition) is 1. The van der Waals surface area contributed by atoms with E-state index >= 15 is 0 Å². The van der Waals surface area contributed by atoms with Crippen molar-refractivity contribution in [2.45, 2.75) is 43.4 Å². The molecule has 1 saturated heterocycles. The molecule has 0 unspecified atom stereocenters. The monoisotopic (exact) mass is 380 g/mol. The Morgan fingerprint density at radius 1 is 1.04 bits per heavy atom. The molecule has 8 heteroatoms. The average Bonchev–Trinajstić information content (AvgIpc) is 2.60. The first-order valence-electron chi connectivity index (χ1n) is 9.03. The van der Waals surface area contributed by atoms with Crippen molar-refractivity contribution in [1.82, 2.24) is 4.31 Å². The highest BCUT2D eigenvalue weighted by molar-refractivity contribution is 7.89. The lowest BCUT2D eigenvalue weighted by Crippen LogP contribution is -2.35. The number of carbonyl (C=O) groups is 2. The van der Waals surface area contributed by atoms with Gasteiger partial charge in [-0.05, 0) is 49.9 Å². The van der Waals surface area contributed by atoms with Crippen molar-refractivity contribution >= 4 is 27.6 Å². The number of carbonyl (C=O) groups excluding carboxylic acids is 2. The van der Waals surface area contributed by atoms with Gasteiger partial charge in [-0.25, -0.2) is 8.42 Å². The molecule has 0 radical (unpaired) electrons. The Hall–Kier alpha value is -1.93. The molecule has 0 aromatic heterocycles. The Kier molecular flexibility index (Phi) is 5.93. The van der Waals surface area contributed by atoms with Crippen molar-refractivity contribution in [3.63, 3.8) is 0 Å². The van der Waals surface area contributed by atoms with Crippen LogP contribution in [0.2, 0.25) is 0 Å². The molecule has 0 atom stereocenters. The van der Waals surface area contributed by atoms with Gasteiger partial charge in [-0.15, -0.1) is 0 Å². The fraction of sp³-hybridized carbons (Fsp3) is 0.556. The fourth-order valence-corrected chi connectivity index (χ4v) is 4.58. The minimum absolute atomic E-state index is 0.0675. The molecule has 0 bridgehead atoms. The number of nitrogens with one attached hydrogen (secondary N) is 1. The molecule has 1 aromatic carbocycles. The summed E-state index contributed by atoms with van der Waals surface area (Å²) in [7, 11) is -3.48. The van der Waals surface area contributed by atoms with Gasteiger partial charge in [-0.1, -0.05) is 12.8 Å². The number of nitrogens with zero attached hydrogens (tertiary/aromatic N) is 1. The molecule has 1 aromatic rings. The smallest absolute Gasteiger partial charge is 0.309 e. The summed E-state index contributed by atoms with van der Waals surface area (Å²) in [4.78, 5) is 23.7. The third-order valence-corrected chi connectivity index (χ3v) is 6.79. The molecular weight excluding hydrogens is 356 g/mol. The van der Waals surface area contributed by atoms with Crippen LogP contribution in [0.15, 0.2) is 29.2 Å². The van der Waals surface area contributed by atoms with Crippen molar-refractivity contribution in [2.24, 2.45) is 5.92 Å². The van der Waals surface area contributed by atoms with E-state index in [1.807, 2.05) is 0 Å². The van der Waals surface area contributed by atoms with E-state index in [0.717, 1.165) is 38.5 Å². The second-order valence-electron chi connectivity index (χ2n) is 6.77. The number of amides is 1. The van der Waals surface area contributed by atoms with E-state index in [-0.39, 0.29) is 23.4 Å². The maximum atomic E-state index is 12.6. The fourth-order valence-electron chi connectivity index (χ4n) is 3.06. The van der Waals surface area contributed by atoms with E-state index in [1.165, 1.54) is 16.4 Å². The number of rotatable bonds is 6. The van der Waals surface area contributed by atoms with Crippen LogP contribution in [0.1, 0.15) is 38.5 Å². The zero-order chi connectivity index (χ0) is 18.6. The Labute approximate surface area is 153 Å². The van der Waals surface area contributed by atoms with Gasteiger partial charge in [0, 0.05) is 18.8 Å². The topological polar surface area (TPSA) is 92.8 Å². The molecule has 1 heterocycles. The molecule has 1 aliphatic heterocycles. The second kappa shape index (κ2) is 8.18. The summed E-state index contributed by atoms with van der Waals surface area (Å²) in [6.45, 7) is 0.767. The van der Waals surface area contributed by atoms with Crippen LogP contribution in [0.4, 0.5) is 5.69 Å². The second-order valence-corrected chi connectivity index (χ2v) is 8.71. The first-order chi connectivity index (χ1) is 12.5. The maximum absolute atomic E-state index is 12.6. The minimum Gasteiger partial charge on any atom is -0.455 e. The van der Waals surface area contributed by atoms with Crippen LogP contribution < -0.4 is 5.32 Å². The summed E-state index contributed by atoms with van der Waals surface area (Å²) in [5.74, 6) is -0.833. The van der Waals surface area contributed by atoms with Gasteiger partial charge in [0.15, 0.2) is 6.61 Å². The lowest BCUT2D eigenvalue weighted by molar-refractivity contribution is -0.154. The molecule has 1 N–H and O–H groups in total. The zero-order valence-electron chi connectivity index (χ0n) is 14.6. The molecule has 7 nitrogen and oxygen atoms in total. The summed E-state index contributed by atoms with van der Waals surface area (Å²) in [5.41, 5.74) is 0.465. The van der Waals surface area contributed by atoms with Gasteiger partial charge in [-0.2, -0.15) is 4.31 Å². The van der Waals surface area contributed by atoms with Crippen LogP contribution in [-0.2, 0) is 24.3 Å². The minimum atomic E-state index is -3.48. The normalized spacial score (nSPS) is 18.8. The molecule has 1 amide bonds. The Bertz CT molecular complexity index is 750. The number of benzene rings is 1. The van der Waals surface area contributed by atoms with E-state index in [0.29, 0.717) is 18.8 Å². The predicted molar refractivity (Wildman–Crippen MR) is 96.0 cm³/mol. The average molecular weight is 380 g/mol. The molecule has 26 heavy (non-hydrogen) atoms. The Morgan fingerprint density at radius 3 is 2.27 bits per heavy atom. The van der Waals surface area contributed by atoms with Crippen LogP contribution in [0.25, 0.3) is 0 Å². The number of sulfonamides is 1. The van der Waals surface area contributed by atoms with Gasteiger partial charge < -0.3 is 10.1 Å². The lowest BCUT2D eigenvalue weighted by Gasteiger charge is -2.25. The molecule has 2 aliphatic rings. The van der Waals surface area contributed by atoms with Crippen molar-refractivity contribution in [3.05, 3.63) is 24.3 Å². The van der Waals surface area contributed by atoms with Gasteiger partial charge in [0.1, 0.15) is 0 Å². The van der Waals surface area contributed by atoms with Crippen LogP contribution in [-0.4, -0.2) is 44.3 Å². The molecule has 1 aliphatic carbocycles. The van der Waals surface area contributed by atoms with Gasteiger partial charge >= 0.3 is 5.97 Å². The highest BCUT2D eigenvalue weighted by atomic mass is 32.2. The maximum Gasteiger partial charge on any atom is 0.309 e. The van der Waals surface area contributed by atoms with E-state index in [9.17, 15) is 18.0 Å². The van der Waals surface area contributed by atoms with Crippen molar-refractivity contribution in [1.29, 1.82) is 0 Å². The van der Waals surface area contributed by atoms with Crippen LogP contribution in [0.5, 0.6) is 0 Å². The Morgan fingerprint density at radius 2 is 1.69 bits per heavy atom. The quantitative estimate of drug-likeness (QED) is 0.763. The molecule has 3 rings (SSSR count). The molecule has 142 valence electrons. The van der Waals surface area contributed by atoms with Crippen molar-refractivity contribution in [3.8, 4) is 0 Å². The van der Waals surface area contributed by atoms with E-state index in [2.05, 4.69) is 5.32 Å². The number of esters is 1. The highest BCUT2D eigenvalue weighted by Crippen LogP contribution is 2.27. The van der Waals surface area contributed by atoms with E-state index in [4.69, 9.17) is 4.74 Å². The third-order valence-electron chi connectivity index (χ3n) is 4.87. The number of piperidine rings is 1. The van der Waals surface area contributed by atoms with Crippen LogP contribution in [0.3, 0.4) is 0 Å². The van der Waals surface area contributed by atoms with Gasteiger partial charge in [0.25, 0.3) is 5.91 Å². The molecular formula is C18H24N2O5S. The van der Waals surface area contributed by atoms with Gasteiger partial charge in [0.2, 0.25) is 10.0 Å². The summed E-state index contributed by atoms with van der Waals surface area (Å²) in [6.07, 6.45) is 5.50. The standard InChI is InChI=1S/C18H24N2O5S/c21-17(13-25-18(22)14-5-4-6-14)19-15-7-9-16(10-8-15)26(23,24)20-11-2-1-3-12-20/h7-10,14H,1-6,11-13H2,(H,19,21). The first kappa shape index (κ1) is 18.8. The summed E-state index contributed by atoms with van der Waals surface area (Å²) in [6, 6.07) is 6.06. The number of anilines is 1. The predicted octanol–water partition coefficient (Wildman–Crippen LogP) is 2.14. The van der Waals surface area contributed by atoms with Gasteiger partial charge in [-0.3, -0.25) is 9.59 Å². The summed E-state index contributed by atoms with van der Waals surface area (Å²) >= 11 is 0. The number of ether oxygens (including phenoxy) is 1. The lowest BCUT2D eigenvalue weighted by atomic mass is 9.86. The molecule has 1 saturated carbocycles. The van der Waals surface area contributed by atoms with Gasteiger partial charge in [0.05, 0.1) is 10.8 Å². The highest BCUT2D eigenvalue weighted by Gasteiger charge is 2.27. The SMILES string of the molecule is O=C(COC(=O)C1CCC1)Nc1ccc(S(=O)(=O)N2CCCCC2)cc1. The number of hydrogen-bond acceptors (Lipinski definition) is 5. The Balaban J connectivity index is 1.53. The zero-order valence-corrected chi connectivity index (χ0v) is 15.5. The molecule has 2 fully saturated rings. The largest absolute Gasteiger partial charge is 0.455 e. The van der Waals surface area contributed by atoms with Crippen LogP contribution in [0, 0.1) is 5.92 Å². The van der Waals surface area contributed by atoms with Crippen molar-refractivity contribution < 1.29 is 22.7 Å². The summed E-state index contributed by atoms with van der Waals surface area (Å²) in [5, 5.41) is 2.61.